The summed E-state index contributed by atoms with van der Waals surface area (Å²) in [4.78, 5) is 11.2. The first kappa shape index (κ1) is 12.4. The fourth-order valence-corrected chi connectivity index (χ4v) is 1.25. The van der Waals surface area contributed by atoms with Gasteiger partial charge in [-0.15, -0.1) is 0 Å². The fourth-order valence-electron chi connectivity index (χ4n) is 1.25. The standard InChI is InChI=1S/C10H20N2O3/c1-15-7-9(13)4-5-11-6-10(14)12-8-2-3-8/h8-9,11,13H,2-7H2,1H3,(H,12,14). The molecule has 1 amide bonds. The van der Waals surface area contributed by atoms with Crippen LogP contribution in [-0.4, -0.2) is 50.0 Å². The number of carbonyl (C=O) groups is 1. The van der Waals surface area contributed by atoms with Crippen LogP contribution in [0.15, 0.2) is 0 Å². The Morgan fingerprint density at radius 3 is 2.93 bits per heavy atom. The number of hydrogen-bond donors (Lipinski definition) is 3. The van der Waals surface area contributed by atoms with Gasteiger partial charge < -0.3 is 20.5 Å². The van der Waals surface area contributed by atoms with Crippen molar-refractivity contribution in [2.24, 2.45) is 0 Å². The van der Waals surface area contributed by atoms with Gasteiger partial charge in [-0.1, -0.05) is 0 Å². The van der Waals surface area contributed by atoms with E-state index >= 15 is 0 Å². The van der Waals surface area contributed by atoms with Gasteiger partial charge in [0.25, 0.3) is 0 Å². The van der Waals surface area contributed by atoms with Crippen molar-refractivity contribution in [1.82, 2.24) is 10.6 Å². The second-order valence-corrected chi connectivity index (χ2v) is 3.92. The number of hydrogen-bond acceptors (Lipinski definition) is 4. The van der Waals surface area contributed by atoms with Gasteiger partial charge in [-0.2, -0.15) is 0 Å². The molecular formula is C10H20N2O3. The van der Waals surface area contributed by atoms with Gasteiger partial charge in [0.05, 0.1) is 19.3 Å². The molecule has 0 bridgehead atoms. The summed E-state index contributed by atoms with van der Waals surface area (Å²) in [6.07, 6.45) is 2.37. The number of rotatable bonds is 8. The van der Waals surface area contributed by atoms with E-state index in [4.69, 9.17) is 4.74 Å². The van der Waals surface area contributed by atoms with Gasteiger partial charge in [0.2, 0.25) is 5.91 Å². The van der Waals surface area contributed by atoms with Crippen molar-refractivity contribution in [2.75, 3.05) is 26.8 Å². The molecule has 88 valence electrons. The molecule has 1 atom stereocenters. The van der Waals surface area contributed by atoms with Crippen LogP contribution in [0.1, 0.15) is 19.3 Å². The largest absolute Gasteiger partial charge is 0.391 e. The van der Waals surface area contributed by atoms with Crippen LogP contribution >= 0.6 is 0 Å². The summed E-state index contributed by atoms with van der Waals surface area (Å²) in [5.74, 6) is 0.0405. The second-order valence-electron chi connectivity index (χ2n) is 3.92. The molecule has 1 aliphatic carbocycles. The molecule has 1 aliphatic rings. The molecule has 1 saturated carbocycles. The van der Waals surface area contributed by atoms with Crippen LogP contribution in [0.25, 0.3) is 0 Å². The van der Waals surface area contributed by atoms with Crippen molar-refractivity contribution in [3.05, 3.63) is 0 Å². The highest BCUT2D eigenvalue weighted by atomic mass is 16.5. The predicted octanol–water partition coefficient (Wildman–Crippen LogP) is -0.748. The Morgan fingerprint density at radius 1 is 1.60 bits per heavy atom. The Kier molecular flexibility index (Phi) is 5.60. The maximum Gasteiger partial charge on any atom is 0.234 e. The molecular weight excluding hydrogens is 196 g/mol. The lowest BCUT2D eigenvalue weighted by atomic mass is 10.2. The van der Waals surface area contributed by atoms with Gasteiger partial charge in [-0.3, -0.25) is 4.79 Å². The van der Waals surface area contributed by atoms with Crippen LogP contribution in [0.3, 0.4) is 0 Å². The highest BCUT2D eigenvalue weighted by Crippen LogP contribution is 2.18. The molecule has 0 aromatic rings. The maximum absolute atomic E-state index is 11.2. The smallest absolute Gasteiger partial charge is 0.234 e. The molecule has 1 fully saturated rings. The van der Waals surface area contributed by atoms with Crippen molar-refractivity contribution in [2.45, 2.75) is 31.4 Å². The minimum Gasteiger partial charge on any atom is -0.391 e. The average molecular weight is 216 g/mol. The summed E-state index contributed by atoms with van der Waals surface area (Å²) < 4.78 is 4.79. The zero-order chi connectivity index (χ0) is 11.1. The topological polar surface area (TPSA) is 70.6 Å². The highest BCUT2D eigenvalue weighted by Gasteiger charge is 2.22. The average Bonchev–Trinajstić information content (AvgIpc) is 2.97. The van der Waals surface area contributed by atoms with Crippen LogP contribution in [0, 0.1) is 0 Å². The van der Waals surface area contributed by atoms with Crippen LogP contribution in [0.5, 0.6) is 0 Å². The molecule has 1 unspecified atom stereocenters. The van der Waals surface area contributed by atoms with Gasteiger partial charge in [0.1, 0.15) is 0 Å². The number of aliphatic hydroxyl groups excluding tert-OH is 1. The number of nitrogens with one attached hydrogen (secondary N) is 2. The van der Waals surface area contributed by atoms with Gasteiger partial charge in [-0.25, -0.2) is 0 Å². The maximum atomic E-state index is 11.2. The number of amides is 1. The van der Waals surface area contributed by atoms with E-state index in [0.717, 1.165) is 12.8 Å². The van der Waals surface area contributed by atoms with Crippen molar-refractivity contribution in [3.63, 3.8) is 0 Å². The van der Waals surface area contributed by atoms with E-state index in [1.807, 2.05) is 0 Å². The molecule has 15 heavy (non-hydrogen) atoms. The van der Waals surface area contributed by atoms with Crippen molar-refractivity contribution >= 4 is 5.91 Å². The number of methoxy groups -OCH3 is 1. The summed E-state index contributed by atoms with van der Waals surface area (Å²) in [6.45, 7) is 1.30. The Morgan fingerprint density at radius 2 is 2.33 bits per heavy atom. The lowest BCUT2D eigenvalue weighted by Gasteiger charge is -2.09. The molecule has 5 nitrogen and oxygen atoms in total. The molecule has 3 N–H and O–H groups in total. The number of carbonyl (C=O) groups excluding carboxylic acids is 1. The van der Waals surface area contributed by atoms with E-state index < -0.39 is 6.10 Å². The lowest BCUT2D eigenvalue weighted by molar-refractivity contribution is -0.120. The van der Waals surface area contributed by atoms with Gasteiger partial charge in [0.15, 0.2) is 0 Å². The van der Waals surface area contributed by atoms with Crippen molar-refractivity contribution in [1.29, 1.82) is 0 Å². The molecule has 0 aliphatic heterocycles. The Labute approximate surface area is 90.2 Å². The van der Waals surface area contributed by atoms with Crippen LogP contribution in [-0.2, 0) is 9.53 Å². The highest BCUT2D eigenvalue weighted by molar-refractivity contribution is 5.78. The van der Waals surface area contributed by atoms with E-state index in [1.165, 1.54) is 0 Å². The summed E-state index contributed by atoms with van der Waals surface area (Å²) >= 11 is 0. The summed E-state index contributed by atoms with van der Waals surface area (Å²) in [5.41, 5.74) is 0. The molecule has 0 aromatic heterocycles. The molecule has 0 radical (unpaired) electrons. The van der Waals surface area contributed by atoms with Crippen LogP contribution in [0.2, 0.25) is 0 Å². The minimum atomic E-state index is -0.450. The van der Waals surface area contributed by atoms with Gasteiger partial charge >= 0.3 is 0 Å². The van der Waals surface area contributed by atoms with Crippen molar-refractivity contribution in [3.8, 4) is 0 Å². The van der Waals surface area contributed by atoms with Gasteiger partial charge in [-0.05, 0) is 25.8 Å². The van der Waals surface area contributed by atoms with E-state index in [9.17, 15) is 9.90 Å². The summed E-state index contributed by atoms with van der Waals surface area (Å²) in [7, 11) is 1.56. The Bertz CT molecular complexity index is 195. The fraction of sp³-hybridized carbons (Fsp3) is 0.900. The number of ether oxygens (including phenoxy) is 1. The van der Waals surface area contributed by atoms with E-state index in [-0.39, 0.29) is 5.91 Å². The van der Waals surface area contributed by atoms with Crippen LogP contribution in [0.4, 0.5) is 0 Å². The van der Waals surface area contributed by atoms with Crippen LogP contribution < -0.4 is 10.6 Å². The third-order valence-corrected chi connectivity index (χ3v) is 2.24. The number of aliphatic hydroxyl groups is 1. The predicted molar refractivity (Wildman–Crippen MR) is 56.5 cm³/mol. The van der Waals surface area contributed by atoms with Crippen molar-refractivity contribution < 1.29 is 14.6 Å². The molecule has 0 saturated heterocycles. The van der Waals surface area contributed by atoms with E-state index in [0.29, 0.717) is 32.2 Å². The SMILES string of the molecule is COCC(O)CCNCC(=O)NC1CC1. The Balaban J connectivity index is 1.88. The normalized spacial score (nSPS) is 17.5. The minimum absolute atomic E-state index is 0.0405. The van der Waals surface area contributed by atoms with E-state index in [1.54, 1.807) is 7.11 Å². The second kappa shape index (κ2) is 6.76. The quantitative estimate of drug-likeness (QED) is 0.467. The summed E-state index contributed by atoms with van der Waals surface area (Å²) in [6, 6.07) is 0.415. The molecule has 0 spiro atoms. The Hall–Kier alpha value is -0.650. The third kappa shape index (κ3) is 6.43. The molecule has 1 rings (SSSR count). The lowest BCUT2D eigenvalue weighted by Crippen LogP contribution is -2.36. The zero-order valence-corrected chi connectivity index (χ0v) is 9.16. The zero-order valence-electron chi connectivity index (χ0n) is 9.16. The molecule has 0 heterocycles. The molecule has 5 heteroatoms. The first-order valence-electron chi connectivity index (χ1n) is 5.39. The first-order valence-corrected chi connectivity index (χ1v) is 5.39. The monoisotopic (exact) mass is 216 g/mol. The summed E-state index contributed by atoms with van der Waals surface area (Å²) in [5, 5.41) is 15.2. The molecule has 0 aromatic carbocycles. The third-order valence-electron chi connectivity index (χ3n) is 2.24. The van der Waals surface area contributed by atoms with Gasteiger partial charge in [0, 0.05) is 13.2 Å². The van der Waals surface area contributed by atoms with E-state index in [2.05, 4.69) is 10.6 Å². The first-order chi connectivity index (χ1) is 7.22.